The Labute approximate surface area is 286 Å². The van der Waals surface area contributed by atoms with E-state index < -0.39 is 4.92 Å². The van der Waals surface area contributed by atoms with Gasteiger partial charge in [0.15, 0.2) is 17.3 Å². The molecule has 5 rings (SSSR count). The zero-order valence-electron chi connectivity index (χ0n) is 26.8. The SMILES string of the molecule is CCOc1cc(C)c(-c2nc3ccccc3c(=O)n2N=Cc2cc(I)c(OCc3cccc([N+](=O)[O-])c3)c(OCC)c2)cc1C(C)C. The minimum Gasteiger partial charge on any atom is -0.494 e. The number of hydrogen-bond donors (Lipinski definition) is 0. The van der Waals surface area contributed by atoms with E-state index in [9.17, 15) is 14.9 Å². The van der Waals surface area contributed by atoms with Crippen LogP contribution in [0.1, 0.15) is 55.9 Å². The van der Waals surface area contributed by atoms with Gasteiger partial charge in [-0.25, -0.2) is 4.98 Å². The molecule has 0 aliphatic carbocycles. The molecular formula is C36H35IN4O6. The summed E-state index contributed by atoms with van der Waals surface area (Å²) >= 11 is 2.16. The number of para-hydroxylation sites is 1. The second kappa shape index (κ2) is 14.8. The summed E-state index contributed by atoms with van der Waals surface area (Å²) in [5.41, 5.74) is 4.32. The Bertz CT molecular complexity index is 2040. The van der Waals surface area contributed by atoms with Crippen LogP contribution in [0.3, 0.4) is 0 Å². The summed E-state index contributed by atoms with van der Waals surface area (Å²) in [6, 6.07) is 21.2. The number of halogens is 1. The van der Waals surface area contributed by atoms with E-state index in [2.05, 4.69) is 36.4 Å². The van der Waals surface area contributed by atoms with Gasteiger partial charge >= 0.3 is 0 Å². The molecule has 0 saturated heterocycles. The molecule has 11 heteroatoms. The van der Waals surface area contributed by atoms with Crippen molar-refractivity contribution in [3.8, 4) is 28.6 Å². The Morgan fingerprint density at radius 2 is 1.72 bits per heavy atom. The van der Waals surface area contributed by atoms with Crippen LogP contribution >= 0.6 is 22.6 Å². The van der Waals surface area contributed by atoms with Crippen LogP contribution in [0.2, 0.25) is 0 Å². The molecule has 4 aromatic carbocycles. The molecule has 0 bridgehead atoms. The van der Waals surface area contributed by atoms with Crippen molar-refractivity contribution < 1.29 is 19.1 Å². The van der Waals surface area contributed by atoms with Gasteiger partial charge < -0.3 is 14.2 Å². The Balaban J connectivity index is 1.57. The highest BCUT2D eigenvalue weighted by atomic mass is 127. The highest BCUT2D eigenvalue weighted by Crippen LogP contribution is 2.36. The Kier molecular flexibility index (Phi) is 10.5. The molecule has 0 atom stereocenters. The first-order chi connectivity index (χ1) is 22.6. The van der Waals surface area contributed by atoms with Crippen LogP contribution in [0, 0.1) is 20.6 Å². The second-order valence-electron chi connectivity index (χ2n) is 11.1. The van der Waals surface area contributed by atoms with Crippen LogP contribution in [0.15, 0.2) is 82.7 Å². The monoisotopic (exact) mass is 746 g/mol. The van der Waals surface area contributed by atoms with E-state index in [0.29, 0.717) is 52.6 Å². The normalized spacial score (nSPS) is 11.4. The van der Waals surface area contributed by atoms with Crippen LogP contribution in [0.25, 0.3) is 22.3 Å². The van der Waals surface area contributed by atoms with Crippen LogP contribution < -0.4 is 19.8 Å². The predicted molar refractivity (Wildman–Crippen MR) is 192 cm³/mol. The summed E-state index contributed by atoms with van der Waals surface area (Å²) in [6.45, 7) is 11.1. The molecule has 10 nitrogen and oxygen atoms in total. The molecule has 47 heavy (non-hydrogen) atoms. The molecule has 0 unspecified atom stereocenters. The van der Waals surface area contributed by atoms with E-state index in [1.165, 1.54) is 16.8 Å². The molecule has 0 aliphatic heterocycles. The largest absolute Gasteiger partial charge is 0.494 e. The fourth-order valence-electron chi connectivity index (χ4n) is 5.18. The van der Waals surface area contributed by atoms with Gasteiger partial charge in [0.2, 0.25) is 0 Å². The number of ether oxygens (including phenoxy) is 3. The van der Waals surface area contributed by atoms with E-state index in [4.69, 9.17) is 24.3 Å². The van der Waals surface area contributed by atoms with E-state index in [1.54, 1.807) is 36.5 Å². The Hall–Kier alpha value is -4.78. The first kappa shape index (κ1) is 33.6. The molecule has 1 aromatic heterocycles. The van der Waals surface area contributed by atoms with Gasteiger partial charge in [0.25, 0.3) is 11.2 Å². The van der Waals surface area contributed by atoms with Gasteiger partial charge in [-0.1, -0.05) is 38.1 Å². The molecule has 242 valence electrons. The summed E-state index contributed by atoms with van der Waals surface area (Å²) in [4.78, 5) is 29.6. The molecule has 0 saturated carbocycles. The van der Waals surface area contributed by atoms with Crippen molar-refractivity contribution >= 4 is 45.4 Å². The fourth-order valence-corrected chi connectivity index (χ4v) is 5.96. The summed E-state index contributed by atoms with van der Waals surface area (Å²) in [6.07, 6.45) is 1.60. The number of hydrogen-bond acceptors (Lipinski definition) is 8. The smallest absolute Gasteiger partial charge is 0.282 e. The third-order valence-corrected chi connectivity index (χ3v) is 8.23. The van der Waals surface area contributed by atoms with Gasteiger partial charge in [-0.15, -0.1) is 0 Å². The summed E-state index contributed by atoms with van der Waals surface area (Å²) in [5.74, 6) is 2.40. The zero-order chi connectivity index (χ0) is 33.7. The van der Waals surface area contributed by atoms with Gasteiger partial charge in [-0.05, 0) is 108 Å². The van der Waals surface area contributed by atoms with E-state index in [1.807, 2.05) is 51.1 Å². The topological polar surface area (TPSA) is 118 Å². The maximum atomic E-state index is 13.9. The lowest BCUT2D eigenvalue weighted by molar-refractivity contribution is -0.384. The first-order valence-electron chi connectivity index (χ1n) is 15.3. The molecule has 0 fully saturated rings. The number of rotatable bonds is 12. The lowest BCUT2D eigenvalue weighted by atomic mass is 9.96. The van der Waals surface area contributed by atoms with E-state index in [0.717, 1.165) is 26.0 Å². The predicted octanol–water partition coefficient (Wildman–Crippen LogP) is 8.27. The maximum absolute atomic E-state index is 13.9. The van der Waals surface area contributed by atoms with E-state index >= 15 is 0 Å². The van der Waals surface area contributed by atoms with Gasteiger partial charge in [0.1, 0.15) is 12.4 Å². The quantitative estimate of drug-likeness (QED) is 0.0546. The third-order valence-electron chi connectivity index (χ3n) is 7.43. The highest BCUT2D eigenvalue weighted by molar-refractivity contribution is 14.1. The van der Waals surface area contributed by atoms with Crippen molar-refractivity contribution in [2.75, 3.05) is 13.2 Å². The molecule has 0 amide bonds. The number of nitro benzene ring substituents is 1. The number of benzene rings is 4. The lowest BCUT2D eigenvalue weighted by Crippen LogP contribution is -2.21. The molecule has 0 N–H and O–H groups in total. The van der Waals surface area contributed by atoms with Gasteiger partial charge in [-0.3, -0.25) is 14.9 Å². The van der Waals surface area contributed by atoms with Gasteiger partial charge in [0, 0.05) is 17.7 Å². The van der Waals surface area contributed by atoms with Gasteiger partial charge in [-0.2, -0.15) is 9.78 Å². The number of nitrogens with zero attached hydrogens (tertiary/aromatic N) is 4. The first-order valence-corrected chi connectivity index (χ1v) is 16.3. The zero-order valence-corrected chi connectivity index (χ0v) is 29.0. The minimum absolute atomic E-state index is 0.00367. The molecule has 0 radical (unpaired) electrons. The van der Waals surface area contributed by atoms with Crippen molar-refractivity contribution in [2.24, 2.45) is 5.10 Å². The summed E-state index contributed by atoms with van der Waals surface area (Å²) in [5, 5.41) is 16.4. The average Bonchev–Trinajstić information content (AvgIpc) is 3.04. The molecule has 0 spiro atoms. The molecule has 5 aromatic rings. The van der Waals surface area contributed by atoms with Crippen molar-refractivity contribution in [2.45, 2.75) is 47.1 Å². The Morgan fingerprint density at radius 3 is 2.45 bits per heavy atom. The number of fused-ring (bicyclic) bond motifs is 1. The van der Waals surface area contributed by atoms with Crippen LogP contribution in [0.5, 0.6) is 17.2 Å². The second-order valence-corrected chi connectivity index (χ2v) is 12.2. The lowest BCUT2D eigenvalue weighted by Gasteiger charge is -2.18. The van der Waals surface area contributed by atoms with Crippen molar-refractivity contribution in [1.29, 1.82) is 0 Å². The van der Waals surface area contributed by atoms with Gasteiger partial charge in [0.05, 0.1) is 38.8 Å². The highest BCUT2D eigenvalue weighted by Gasteiger charge is 2.19. The number of aryl methyl sites for hydroxylation is 1. The van der Waals surface area contributed by atoms with Crippen molar-refractivity contribution in [3.05, 3.63) is 119 Å². The average molecular weight is 747 g/mol. The number of aromatic nitrogens is 2. The van der Waals surface area contributed by atoms with Crippen LogP contribution in [-0.2, 0) is 6.61 Å². The maximum Gasteiger partial charge on any atom is 0.282 e. The summed E-state index contributed by atoms with van der Waals surface area (Å²) < 4.78 is 20.1. The van der Waals surface area contributed by atoms with E-state index in [-0.39, 0.29) is 23.8 Å². The third kappa shape index (κ3) is 7.46. The number of nitro groups is 1. The fraction of sp³-hybridized carbons (Fsp3) is 0.250. The molecule has 1 heterocycles. The van der Waals surface area contributed by atoms with Crippen molar-refractivity contribution in [1.82, 2.24) is 9.66 Å². The minimum atomic E-state index is -0.435. The standard InChI is InChI=1S/C36H35IN4O6/c1-6-45-32-15-23(5)29(19-28(32)22(3)4)35-39-31-14-9-8-13-27(31)36(42)40(35)38-20-25-17-30(37)34(33(18-25)46-7-2)47-21-24-11-10-12-26(16-24)41(43)44/h8-20,22H,6-7,21H2,1-5H3. The Morgan fingerprint density at radius 1 is 0.979 bits per heavy atom. The number of non-ortho nitro benzene ring substituents is 1. The van der Waals surface area contributed by atoms with Crippen LogP contribution in [-0.4, -0.2) is 34.0 Å². The van der Waals surface area contributed by atoms with Crippen molar-refractivity contribution in [3.63, 3.8) is 0 Å². The van der Waals surface area contributed by atoms with Crippen LogP contribution in [0.4, 0.5) is 5.69 Å². The molecular weight excluding hydrogens is 711 g/mol. The molecule has 0 aliphatic rings. The summed E-state index contributed by atoms with van der Waals surface area (Å²) in [7, 11) is 0.